The van der Waals surface area contributed by atoms with Gasteiger partial charge in [-0.05, 0) is 38.2 Å². The van der Waals surface area contributed by atoms with Gasteiger partial charge in [-0.2, -0.15) is 0 Å². The maximum atomic E-state index is 17.2. The van der Waals surface area contributed by atoms with Gasteiger partial charge in [-0.15, -0.1) is 0 Å². The molecule has 0 aromatic carbocycles. The van der Waals surface area contributed by atoms with Gasteiger partial charge in [0.15, 0.2) is 11.5 Å². The zero-order valence-electron chi connectivity index (χ0n) is 20.0. The first kappa shape index (κ1) is 24.9. The Morgan fingerprint density at radius 2 is 1.88 bits per heavy atom. The summed E-state index contributed by atoms with van der Waals surface area (Å²) in [5.74, 6) is -6.24. The quantitative estimate of drug-likeness (QED) is 0.615. The third kappa shape index (κ3) is 2.70. The molecule has 0 spiro atoms. The Morgan fingerprint density at radius 1 is 1.24 bits per heavy atom. The number of hydrogen-bond donors (Lipinski definition) is 1. The van der Waals surface area contributed by atoms with Crippen LogP contribution in [0, 0.1) is 28.6 Å². The molecule has 0 saturated heterocycles. The Morgan fingerprint density at radius 3 is 2.47 bits per heavy atom. The van der Waals surface area contributed by atoms with Crippen molar-refractivity contribution in [2.24, 2.45) is 28.6 Å². The first-order valence-corrected chi connectivity index (χ1v) is 11.7. The number of alkyl halides is 2. The fourth-order valence-electron chi connectivity index (χ4n) is 7.71. The van der Waals surface area contributed by atoms with Crippen molar-refractivity contribution in [2.75, 3.05) is 7.11 Å². The van der Waals surface area contributed by atoms with Gasteiger partial charge in [-0.1, -0.05) is 26.8 Å². The highest BCUT2D eigenvalue weighted by Gasteiger charge is 2.79. The Hall–Kier alpha value is -2.16. The number of esters is 2. The average molecular weight is 485 g/mol. The summed E-state index contributed by atoms with van der Waals surface area (Å²) in [6.45, 7) is 6.21. The first-order chi connectivity index (χ1) is 15.8. The van der Waals surface area contributed by atoms with Crippen LogP contribution in [-0.2, 0) is 23.9 Å². The topological polar surface area (TPSA) is 89.9 Å². The van der Waals surface area contributed by atoms with Gasteiger partial charge >= 0.3 is 11.9 Å². The van der Waals surface area contributed by atoms with Crippen LogP contribution in [0.3, 0.4) is 0 Å². The Balaban J connectivity index is 1.90. The molecule has 6 nitrogen and oxygen atoms in total. The minimum absolute atomic E-state index is 0.0118. The molecule has 1 N–H and O–H groups in total. The second-order valence-corrected chi connectivity index (χ2v) is 10.6. The van der Waals surface area contributed by atoms with Gasteiger partial charge in [-0.3, -0.25) is 9.59 Å². The van der Waals surface area contributed by atoms with Gasteiger partial charge in [0.25, 0.3) is 0 Å². The second kappa shape index (κ2) is 7.67. The van der Waals surface area contributed by atoms with Crippen molar-refractivity contribution in [3.05, 3.63) is 23.6 Å². The molecule has 3 fully saturated rings. The van der Waals surface area contributed by atoms with E-state index in [9.17, 15) is 23.9 Å². The normalized spacial score (nSPS) is 47.6. The van der Waals surface area contributed by atoms with E-state index in [1.54, 1.807) is 20.8 Å². The standard InChI is InChI=1S/C25H31F3O6/c1-6-18(31)34-25(21(32)33-5)12(2)9-13-14-10-15(26)19-20(27)16(29)7-8-22(19,3)24(14,28)17(30)11-23(13,25)4/h7-8,12-15,17,30H,6,9-11H2,1-5H3/t12-,13-,14-,15-,17-,22-,23-,24-,25-/m0/s1. The van der Waals surface area contributed by atoms with E-state index < -0.39 is 87.7 Å². The molecule has 4 rings (SSSR count). The van der Waals surface area contributed by atoms with Crippen LogP contribution in [-0.4, -0.2) is 53.5 Å². The van der Waals surface area contributed by atoms with Crippen LogP contribution in [0.1, 0.15) is 53.4 Å². The highest BCUT2D eigenvalue weighted by atomic mass is 19.2. The van der Waals surface area contributed by atoms with Gasteiger partial charge in [0.2, 0.25) is 11.4 Å². The molecule has 3 saturated carbocycles. The molecule has 0 unspecified atom stereocenters. The number of ether oxygens (including phenoxy) is 2. The van der Waals surface area contributed by atoms with Crippen molar-refractivity contribution in [3.63, 3.8) is 0 Å². The summed E-state index contributed by atoms with van der Waals surface area (Å²) in [4.78, 5) is 37.5. The maximum absolute atomic E-state index is 17.2. The summed E-state index contributed by atoms with van der Waals surface area (Å²) in [5.41, 5.74) is -8.05. The van der Waals surface area contributed by atoms with Gasteiger partial charge in [0.05, 0.1) is 13.2 Å². The minimum atomic E-state index is -2.51. The molecule has 0 radical (unpaired) electrons. The molecule has 0 amide bonds. The molecule has 0 aliphatic heterocycles. The van der Waals surface area contributed by atoms with Crippen LogP contribution >= 0.6 is 0 Å². The summed E-state index contributed by atoms with van der Waals surface area (Å²) in [6, 6.07) is 0. The van der Waals surface area contributed by atoms with Crippen molar-refractivity contribution < 1.29 is 42.1 Å². The van der Waals surface area contributed by atoms with Crippen molar-refractivity contribution >= 4 is 17.7 Å². The molecule has 9 heteroatoms. The fourth-order valence-corrected chi connectivity index (χ4v) is 7.71. The number of halogens is 3. The second-order valence-electron chi connectivity index (χ2n) is 10.6. The lowest BCUT2D eigenvalue weighted by molar-refractivity contribution is -0.238. The van der Waals surface area contributed by atoms with E-state index in [1.165, 1.54) is 6.92 Å². The number of aliphatic hydroxyl groups is 1. The summed E-state index contributed by atoms with van der Waals surface area (Å²) in [6.07, 6.45) is -2.25. The largest absolute Gasteiger partial charge is 0.466 e. The maximum Gasteiger partial charge on any atom is 0.351 e. The van der Waals surface area contributed by atoms with Gasteiger partial charge in [-0.25, -0.2) is 18.0 Å². The number of methoxy groups -OCH3 is 1. The Labute approximate surface area is 196 Å². The molecule has 4 aliphatic carbocycles. The van der Waals surface area contributed by atoms with Crippen molar-refractivity contribution in [1.82, 2.24) is 0 Å². The van der Waals surface area contributed by atoms with Crippen molar-refractivity contribution in [1.29, 1.82) is 0 Å². The molecular weight excluding hydrogens is 453 g/mol. The van der Waals surface area contributed by atoms with Crippen LogP contribution in [0.2, 0.25) is 0 Å². The highest BCUT2D eigenvalue weighted by Crippen LogP contribution is 2.72. The first-order valence-electron chi connectivity index (χ1n) is 11.7. The molecule has 34 heavy (non-hydrogen) atoms. The average Bonchev–Trinajstić information content (AvgIpc) is 3.00. The van der Waals surface area contributed by atoms with Gasteiger partial charge in [0, 0.05) is 34.7 Å². The molecule has 4 aliphatic rings. The molecule has 188 valence electrons. The third-order valence-corrected chi connectivity index (χ3v) is 9.30. The number of rotatable bonds is 3. The van der Waals surface area contributed by atoms with E-state index in [0.717, 1.165) is 19.3 Å². The predicted molar refractivity (Wildman–Crippen MR) is 114 cm³/mol. The number of hydrogen-bond acceptors (Lipinski definition) is 6. The molecule has 0 bridgehead atoms. The number of ketones is 1. The molecule has 0 aromatic heterocycles. The van der Waals surface area contributed by atoms with Crippen molar-refractivity contribution in [2.45, 2.75) is 76.9 Å². The number of aliphatic hydroxyl groups excluding tert-OH is 1. The number of fused-ring (bicyclic) bond motifs is 5. The predicted octanol–water partition coefficient (Wildman–Crippen LogP) is 3.71. The lowest BCUT2D eigenvalue weighted by Crippen LogP contribution is -2.71. The van der Waals surface area contributed by atoms with Crippen LogP contribution in [0.25, 0.3) is 0 Å². The van der Waals surface area contributed by atoms with E-state index in [-0.39, 0.29) is 19.3 Å². The zero-order valence-corrected chi connectivity index (χ0v) is 20.0. The van der Waals surface area contributed by atoms with E-state index >= 15 is 8.78 Å². The smallest absolute Gasteiger partial charge is 0.351 e. The molecule has 9 atom stereocenters. The molecular formula is C25H31F3O6. The summed E-state index contributed by atoms with van der Waals surface area (Å²) in [5, 5.41) is 11.3. The Bertz CT molecular complexity index is 1010. The van der Waals surface area contributed by atoms with Crippen LogP contribution in [0.5, 0.6) is 0 Å². The van der Waals surface area contributed by atoms with E-state index in [1.807, 2.05) is 0 Å². The number of carbonyl (C=O) groups is 3. The summed E-state index contributed by atoms with van der Waals surface area (Å²) >= 11 is 0. The Kier molecular flexibility index (Phi) is 5.63. The number of allylic oxidation sites excluding steroid dienone is 4. The van der Waals surface area contributed by atoms with E-state index in [0.29, 0.717) is 0 Å². The SMILES string of the molecule is CCC(=O)O[C@]1(C(=O)OC)[C@@H](C)C[C@H]2[C@@H]3C[C@H](F)C4=C(F)C(=O)C=C[C@]4(C)[C@@]3(F)[C@@H](O)C[C@@]21C. The molecule has 0 heterocycles. The van der Waals surface area contributed by atoms with Crippen LogP contribution < -0.4 is 0 Å². The third-order valence-electron chi connectivity index (χ3n) is 9.30. The zero-order chi connectivity index (χ0) is 25.4. The minimum Gasteiger partial charge on any atom is -0.466 e. The molecule has 0 aromatic rings. The van der Waals surface area contributed by atoms with E-state index in [4.69, 9.17) is 9.47 Å². The van der Waals surface area contributed by atoms with Gasteiger partial charge < -0.3 is 14.6 Å². The highest BCUT2D eigenvalue weighted by molar-refractivity contribution is 6.04. The summed E-state index contributed by atoms with van der Waals surface area (Å²) in [7, 11) is 1.16. The summed E-state index contributed by atoms with van der Waals surface area (Å²) < 4.78 is 58.3. The number of carbonyl (C=O) groups excluding carboxylic acids is 3. The van der Waals surface area contributed by atoms with Crippen molar-refractivity contribution in [3.8, 4) is 0 Å². The van der Waals surface area contributed by atoms with Crippen LogP contribution in [0.15, 0.2) is 23.6 Å². The lowest BCUT2D eigenvalue weighted by atomic mass is 9.44. The fraction of sp³-hybridized carbons (Fsp3) is 0.720. The lowest BCUT2D eigenvalue weighted by Gasteiger charge is -2.62. The van der Waals surface area contributed by atoms with Gasteiger partial charge in [0.1, 0.15) is 6.17 Å². The van der Waals surface area contributed by atoms with Crippen LogP contribution in [0.4, 0.5) is 13.2 Å². The monoisotopic (exact) mass is 484 g/mol. The van der Waals surface area contributed by atoms with E-state index in [2.05, 4.69) is 0 Å².